The molecule has 24 heavy (non-hydrogen) atoms. The van der Waals surface area contributed by atoms with Crippen LogP contribution in [-0.2, 0) is 6.54 Å². The van der Waals surface area contributed by atoms with Crippen LogP contribution in [0.3, 0.4) is 0 Å². The van der Waals surface area contributed by atoms with Crippen LogP contribution < -0.4 is 0 Å². The van der Waals surface area contributed by atoms with E-state index in [1.54, 1.807) is 4.68 Å². The van der Waals surface area contributed by atoms with Gasteiger partial charge in [0.05, 0.1) is 23.7 Å². The molecule has 1 N–H and O–H groups in total. The number of hydrogen-bond donors (Lipinski definition) is 1. The smallest absolute Gasteiger partial charge is 0.0971 e. The monoisotopic (exact) mass is 322 g/mol. The molecule has 5 nitrogen and oxygen atoms in total. The summed E-state index contributed by atoms with van der Waals surface area (Å²) in [5.74, 6) is 0. The van der Waals surface area contributed by atoms with Gasteiger partial charge in [0.25, 0.3) is 0 Å². The lowest BCUT2D eigenvalue weighted by Crippen LogP contribution is -2.21. The first-order valence-corrected chi connectivity index (χ1v) is 8.10. The van der Waals surface area contributed by atoms with E-state index in [0.29, 0.717) is 13.0 Å². The Balaban J connectivity index is 1.52. The molecule has 0 bridgehead atoms. The lowest BCUT2D eigenvalue weighted by molar-refractivity contribution is 0.147. The normalized spacial score (nSPS) is 12.5. The highest BCUT2D eigenvalue weighted by atomic mass is 16.3. The maximum atomic E-state index is 10.2. The SMILES string of the molecule is CN(CCC(O)c1ccccc1)Cc1cn(-c2ccccc2)nn1. The molecule has 0 spiro atoms. The predicted octanol–water partition coefficient (Wildman–Crippen LogP) is 2.82. The van der Waals surface area contributed by atoms with Gasteiger partial charge in [0.1, 0.15) is 0 Å². The molecule has 0 amide bonds. The third-order valence-electron chi connectivity index (χ3n) is 3.96. The topological polar surface area (TPSA) is 54.2 Å². The third kappa shape index (κ3) is 4.28. The molecule has 3 rings (SSSR count). The average Bonchev–Trinajstić information content (AvgIpc) is 3.09. The van der Waals surface area contributed by atoms with E-state index in [9.17, 15) is 5.11 Å². The van der Waals surface area contributed by atoms with Crippen LogP contribution in [0.2, 0.25) is 0 Å². The Hall–Kier alpha value is -2.50. The zero-order valence-corrected chi connectivity index (χ0v) is 13.8. The number of hydrogen-bond acceptors (Lipinski definition) is 4. The zero-order chi connectivity index (χ0) is 16.8. The molecular weight excluding hydrogens is 300 g/mol. The Morgan fingerprint density at radius 3 is 2.42 bits per heavy atom. The Morgan fingerprint density at radius 2 is 1.71 bits per heavy atom. The second kappa shape index (κ2) is 7.86. The molecule has 0 aliphatic rings. The maximum absolute atomic E-state index is 10.2. The molecule has 0 saturated carbocycles. The van der Waals surface area contributed by atoms with Gasteiger partial charge in [-0.15, -0.1) is 5.10 Å². The van der Waals surface area contributed by atoms with Crippen LogP contribution in [0.1, 0.15) is 23.8 Å². The summed E-state index contributed by atoms with van der Waals surface area (Å²) in [6, 6.07) is 19.7. The lowest BCUT2D eigenvalue weighted by atomic mass is 10.1. The Labute approximate surface area is 142 Å². The van der Waals surface area contributed by atoms with E-state index in [4.69, 9.17) is 0 Å². The zero-order valence-electron chi connectivity index (χ0n) is 13.8. The maximum Gasteiger partial charge on any atom is 0.0971 e. The van der Waals surface area contributed by atoms with E-state index >= 15 is 0 Å². The minimum Gasteiger partial charge on any atom is -0.388 e. The molecule has 1 heterocycles. The van der Waals surface area contributed by atoms with Crippen molar-refractivity contribution in [1.82, 2.24) is 19.9 Å². The van der Waals surface area contributed by atoms with Gasteiger partial charge >= 0.3 is 0 Å². The van der Waals surface area contributed by atoms with E-state index in [1.807, 2.05) is 73.9 Å². The van der Waals surface area contributed by atoms with Crippen molar-refractivity contribution in [3.8, 4) is 5.69 Å². The third-order valence-corrected chi connectivity index (χ3v) is 3.96. The summed E-state index contributed by atoms with van der Waals surface area (Å²) in [6.45, 7) is 1.49. The van der Waals surface area contributed by atoms with Gasteiger partial charge in [0, 0.05) is 13.1 Å². The summed E-state index contributed by atoms with van der Waals surface area (Å²) in [5.41, 5.74) is 2.87. The quantitative estimate of drug-likeness (QED) is 0.727. The Bertz CT molecular complexity index is 742. The molecule has 0 fully saturated rings. The predicted molar refractivity (Wildman–Crippen MR) is 93.7 cm³/mol. The summed E-state index contributed by atoms with van der Waals surface area (Å²) in [7, 11) is 2.03. The van der Waals surface area contributed by atoms with Crippen LogP contribution in [0, 0.1) is 0 Å². The first kappa shape index (κ1) is 16.4. The van der Waals surface area contributed by atoms with Crippen molar-refractivity contribution < 1.29 is 5.11 Å². The molecule has 0 aliphatic heterocycles. The van der Waals surface area contributed by atoms with Crippen LogP contribution in [0.25, 0.3) is 5.69 Å². The molecule has 5 heteroatoms. The lowest BCUT2D eigenvalue weighted by Gasteiger charge is -2.17. The molecule has 1 unspecified atom stereocenters. The van der Waals surface area contributed by atoms with Gasteiger partial charge in [0.2, 0.25) is 0 Å². The second-order valence-electron chi connectivity index (χ2n) is 5.94. The molecule has 2 aromatic carbocycles. The van der Waals surface area contributed by atoms with Gasteiger partial charge in [-0.2, -0.15) is 0 Å². The van der Waals surface area contributed by atoms with Crippen molar-refractivity contribution in [3.05, 3.63) is 78.1 Å². The van der Waals surface area contributed by atoms with Gasteiger partial charge in [-0.1, -0.05) is 53.7 Å². The van der Waals surface area contributed by atoms with Crippen LogP contribution in [0.5, 0.6) is 0 Å². The van der Waals surface area contributed by atoms with E-state index in [1.165, 1.54) is 0 Å². The van der Waals surface area contributed by atoms with E-state index in [2.05, 4.69) is 15.2 Å². The molecule has 0 aliphatic carbocycles. The van der Waals surface area contributed by atoms with Gasteiger partial charge < -0.3 is 10.0 Å². The summed E-state index contributed by atoms with van der Waals surface area (Å²) in [5, 5.41) is 18.6. The minimum atomic E-state index is -0.436. The van der Waals surface area contributed by atoms with Crippen molar-refractivity contribution in [1.29, 1.82) is 0 Å². The fraction of sp³-hybridized carbons (Fsp3) is 0.263. The highest BCUT2D eigenvalue weighted by Crippen LogP contribution is 2.16. The fourth-order valence-electron chi connectivity index (χ4n) is 2.62. The van der Waals surface area contributed by atoms with Crippen LogP contribution in [-0.4, -0.2) is 38.6 Å². The number of aromatic nitrogens is 3. The molecule has 0 radical (unpaired) electrons. The summed E-state index contributed by atoms with van der Waals surface area (Å²) in [4.78, 5) is 2.14. The van der Waals surface area contributed by atoms with Crippen LogP contribution >= 0.6 is 0 Å². The van der Waals surface area contributed by atoms with Crippen molar-refractivity contribution in [2.75, 3.05) is 13.6 Å². The first-order valence-electron chi connectivity index (χ1n) is 8.10. The molecule has 0 saturated heterocycles. The number of aliphatic hydroxyl groups excluding tert-OH is 1. The molecule has 1 aromatic heterocycles. The van der Waals surface area contributed by atoms with Crippen molar-refractivity contribution in [2.24, 2.45) is 0 Å². The van der Waals surface area contributed by atoms with Crippen molar-refractivity contribution >= 4 is 0 Å². The number of nitrogens with zero attached hydrogens (tertiary/aromatic N) is 4. The minimum absolute atomic E-state index is 0.436. The summed E-state index contributed by atoms with van der Waals surface area (Å²) >= 11 is 0. The second-order valence-corrected chi connectivity index (χ2v) is 5.94. The van der Waals surface area contributed by atoms with Gasteiger partial charge in [-0.05, 0) is 31.2 Å². The van der Waals surface area contributed by atoms with Gasteiger partial charge in [-0.3, -0.25) is 0 Å². The largest absolute Gasteiger partial charge is 0.388 e. The molecule has 1 atom stereocenters. The van der Waals surface area contributed by atoms with Gasteiger partial charge in [0.15, 0.2) is 0 Å². The van der Waals surface area contributed by atoms with Crippen LogP contribution in [0.4, 0.5) is 0 Å². The molecule has 124 valence electrons. The summed E-state index contributed by atoms with van der Waals surface area (Å²) in [6.07, 6.45) is 2.20. The molecular formula is C19H22N4O. The average molecular weight is 322 g/mol. The fourth-order valence-corrected chi connectivity index (χ4v) is 2.62. The standard InChI is InChI=1S/C19H22N4O/c1-22(13-12-19(24)16-8-4-2-5-9-16)14-17-15-23(21-20-17)18-10-6-3-7-11-18/h2-11,15,19,24H,12-14H2,1H3. The van der Waals surface area contributed by atoms with Gasteiger partial charge in [-0.25, -0.2) is 4.68 Å². The first-order chi connectivity index (χ1) is 11.7. The van der Waals surface area contributed by atoms with E-state index in [-0.39, 0.29) is 0 Å². The van der Waals surface area contributed by atoms with E-state index in [0.717, 1.165) is 23.5 Å². The summed E-state index contributed by atoms with van der Waals surface area (Å²) < 4.78 is 1.78. The number of benzene rings is 2. The Morgan fingerprint density at radius 1 is 1.04 bits per heavy atom. The number of rotatable bonds is 7. The van der Waals surface area contributed by atoms with Crippen molar-refractivity contribution in [2.45, 2.75) is 19.1 Å². The van der Waals surface area contributed by atoms with E-state index < -0.39 is 6.10 Å². The highest BCUT2D eigenvalue weighted by Gasteiger charge is 2.10. The number of aliphatic hydroxyl groups is 1. The van der Waals surface area contributed by atoms with Crippen molar-refractivity contribution in [3.63, 3.8) is 0 Å². The highest BCUT2D eigenvalue weighted by molar-refractivity contribution is 5.29. The number of para-hydroxylation sites is 1. The van der Waals surface area contributed by atoms with Crippen LogP contribution in [0.15, 0.2) is 66.9 Å². The molecule has 3 aromatic rings. The Kier molecular flexibility index (Phi) is 5.36.